The molecule has 12 atom stereocenters. The molecule has 108 valence electrons. The van der Waals surface area contributed by atoms with Gasteiger partial charge in [-0.25, -0.2) is 0 Å². The Hall–Kier alpha value is -0.300. The highest BCUT2D eigenvalue weighted by Crippen LogP contribution is 2.76. The van der Waals surface area contributed by atoms with Crippen molar-refractivity contribution in [3.8, 4) is 0 Å². The lowest BCUT2D eigenvalue weighted by atomic mass is 9.59. The van der Waals surface area contributed by atoms with E-state index >= 15 is 0 Å². The first-order chi connectivity index (χ1) is 9.79. The van der Waals surface area contributed by atoms with Crippen LogP contribution < -0.4 is 0 Å². The molecule has 6 aliphatic rings. The van der Waals surface area contributed by atoms with Gasteiger partial charge in [0.25, 0.3) is 0 Å². The highest BCUT2D eigenvalue weighted by atomic mass is 16.5. The molecule has 0 aromatic rings. The van der Waals surface area contributed by atoms with Crippen molar-refractivity contribution < 1.29 is 4.74 Å². The lowest BCUT2D eigenvalue weighted by Crippen LogP contribution is -2.46. The van der Waals surface area contributed by atoms with Gasteiger partial charge in [-0.05, 0) is 84.4 Å². The summed E-state index contributed by atoms with van der Waals surface area (Å²) in [6, 6.07) is 0. The Bertz CT molecular complexity index is 496. The van der Waals surface area contributed by atoms with Gasteiger partial charge in [-0.2, -0.15) is 0 Å². The van der Waals surface area contributed by atoms with Crippen LogP contribution in [0.5, 0.6) is 0 Å². The molecule has 6 aliphatic carbocycles. The molecule has 12 unspecified atom stereocenters. The number of hydrogen-bond acceptors (Lipinski definition) is 1. The predicted molar refractivity (Wildman–Crippen MR) is 77.9 cm³/mol. The fourth-order valence-corrected chi connectivity index (χ4v) is 8.91. The first-order valence-electron chi connectivity index (χ1n) is 9.00. The van der Waals surface area contributed by atoms with Crippen molar-refractivity contribution in [2.75, 3.05) is 7.11 Å². The number of fused-ring (bicyclic) bond motifs is 16. The zero-order chi connectivity index (χ0) is 13.2. The van der Waals surface area contributed by atoms with E-state index in [9.17, 15) is 0 Å². The molecule has 0 radical (unpaired) electrons. The van der Waals surface area contributed by atoms with Crippen LogP contribution in [0.3, 0.4) is 0 Å². The highest BCUT2D eigenvalue weighted by Gasteiger charge is 2.72. The molecule has 0 aliphatic heterocycles. The Morgan fingerprint density at radius 3 is 2.00 bits per heavy atom. The lowest BCUT2D eigenvalue weighted by molar-refractivity contribution is -0.0585. The van der Waals surface area contributed by atoms with Crippen molar-refractivity contribution in [3.63, 3.8) is 0 Å². The smallest absolute Gasteiger partial charge is 0.0630 e. The quantitative estimate of drug-likeness (QED) is 0.522. The molecule has 0 N–H and O–H groups in total. The van der Waals surface area contributed by atoms with Crippen molar-refractivity contribution in [3.05, 3.63) is 12.2 Å². The van der Waals surface area contributed by atoms with Gasteiger partial charge in [-0.3, -0.25) is 0 Å². The van der Waals surface area contributed by atoms with Crippen molar-refractivity contribution in [1.29, 1.82) is 0 Å². The summed E-state index contributed by atoms with van der Waals surface area (Å²) in [6.45, 7) is 2.49. The van der Waals surface area contributed by atoms with Gasteiger partial charge in [0.2, 0.25) is 0 Å². The molecule has 6 rings (SSSR count). The molecule has 1 heteroatoms. The average molecular weight is 270 g/mol. The summed E-state index contributed by atoms with van der Waals surface area (Å²) in [5.41, 5.74) is 0. The van der Waals surface area contributed by atoms with E-state index in [2.05, 4.69) is 19.1 Å². The third-order valence-electron chi connectivity index (χ3n) is 8.97. The standard InChI is InChI=1S/C19H26O/c1-8-11-6-14(19(8)20-2)18-13-7-12(17(11)18)15-9-3-4-10(5-9)16(13)15/h3-4,8-19H,5-7H2,1-2H3. The van der Waals surface area contributed by atoms with Gasteiger partial charge < -0.3 is 4.74 Å². The van der Waals surface area contributed by atoms with E-state index in [-0.39, 0.29) is 0 Å². The van der Waals surface area contributed by atoms with Gasteiger partial charge in [0.1, 0.15) is 0 Å². The first-order valence-corrected chi connectivity index (χ1v) is 9.00. The predicted octanol–water partition coefficient (Wildman–Crippen LogP) is 3.61. The molecule has 20 heavy (non-hydrogen) atoms. The molecule has 0 amide bonds. The number of methoxy groups -OCH3 is 1. The van der Waals surface area contributed by atoms with Crippen LogP contribution in [-0.4, -0.2) is 13.2 Å². The van der Waals surface area contributed by atoms with Gasteiger partial charge in [0, 0.05) is 7.11 Å². The summed E-state index contributed by atoms with van der Waals surface area (Å²) in [6.07, 6.45) is 10.4. The van der Waals surface area contributed by atoms with Crippen LogP contribution in [0.2, 0.25) is 0 Å². The van der Waals surface area contributed by atoms with Gasteiger partial charge in [0.05, 0.1) is 6.10 Å². The van der Waals surface area contributed by atoms with Crippen LogP contribution in [0.4, 0.5) is 0 Å². The molecule has 0 spiro atoms. The summed E-state index contributed by atoms with van der Waals surface area (Å²) >= 11 is 0. The summed E-state index contributed by atoms with van der Waals surface area (Å²) in [5, 5.41) is 0. The van der Waals surface area contributed by atoms with Crippen molar-refractivity contribution >= 4 is 0 Å². The molecular formula is C19H26O. The normalized spacial score (nSPS) is 70.9. The zero-order valence-corrected chi connectivity index (χ0v) is 12.6. The third kappa shape index (κ3) is 0.988. The van der Waals surface area contributed by atoms with Crippen LogP contribution in [0.25, 0.3) is 0 Å². The minimum absolute atomic E-state index is 0.591. The molecule has 5 saturated carbocycles. The summed E-state index contributed by atoms with van der Waals surface area (Å²) in [5.74, 6) is 11.2. The van der Waals surface area contributed by atoms with E-state index in [1.807, 2.05) is 7.11 Å². The second kappa shape index (κ2) is 3.37. The maximum absolute atomic E-state index is 5.93. The lowest BCUT2D eigenvalue weighted by Gasteiger charge is -2.47. The molecule has 0 aromatic heterocycles. The van der Waals surface area contributed by atoms with Crippen molar-refractivity contribution in [2.45, 2.75) is 32.3 Å². The number of ether oxygens (including phenoxy) is 1. The Morgan fingerprint density at radius 1 is 0.750 bits per heavy atom. The maximum atomic E-state index is 5.93. The monoisotopic (exact) mass is 270 g/mol. The average Bonchev–Trinajstić information content (AvgIpc) is 3.23. The van der Waals surface area contributed by atoms with E-state index in [0.29, 0.717) is 6.10 Å². The van der Waals surface area contributed by atoms with E-state index in [1.54, 1.807) is 6.42 Å². The Labute approximate surface area is 122 Å². The van der Waals surface area contributed by atoms with E-state index in [4.69, 9.17) is 4.74 Å². The molecule has 6 bridgehead atoms. The van der Waals surface area contributed by atoms with Gasteiger partial charge in [-0.1, -0.05) is 19.1 Å². The highest BCUT2D eigenvalue weighted by molar-refractivity contribution is 5.25. The minimum Gasteiger partial charge on any atom is -0.381 e. The van der Waals surface area contributed by atoms with E-state index in [0.717, 1.165) is 65.1 Å². The van der Waals surface area contributed by atoms with E-state index < -0.39 is 0 Å². The number of rotatable bonds is 1. The molecule has 5 fully saturated rings. The van der Waals surface area contributed by atoms with Crippen LogP contribution in [-0.2, 0) is 4.74 Å². The SMILES string of the molecule is COC1C(C)C2CC1C1C3CC(C4C5C=CC(C5)C34)C21. The van der Waals surface area contributed by atoms with Crippen LogP contribution in [0.15, 0.2) is 12.2 Å². The van der Waals surface area contributed by atoms with Crippen molar-refractivity contribution in [1.82, 2.24) is 0 Å². The Balaban J connectivity index is 1.43. The van der Waals surface area contributed by atoms with Crippen LogP contribution in [0, 0.1) is 65.1 Å². The molecular weight excluding hydrogens is 244 g/mol. The summed E-state index contributed by atoms with van der Waals surface area (Å²) < 4.78 is 5.93. The first kappa shape index (κ1) is 11.3. The maximum Gasteiger partial charge on any atom is 0.0630 e. The largest absolute Gasteiger partial charge is 0.381 e. The fraction of sp³-hybridized carbons (Fsp3) is 0.895. The Kier molecular flexibility index (Phi) is 1.90. The minimum atomic E-state index is 0.591. The second-order valence-electron chi connectivity index (χ2n) is 8.94. The van der Waals surface area contributed by atoms with Crippen LogP contribution in [0.1, 0.15) is 26.2 Å². The topological polar surface area (TPSA) is 9.23 Å². The number of hydrogen-bond donors (Lipinski definition) is 0. The second-order valence-corrected chi connectivity index (χ2v) is 8.94. The number of allylic oxidation sites excluding steroid dienone is 2. The van der Waals surface area contributed by atoms with Gasteiger partial charge >= 0.3 is 0 Å². The zero-order valence-electron chi connectivity index (χ0n) is 12.6. The van der Waals surface area contributed by atoms with E-state index in [1.165, 1.54) is 12.8 Å². The van der Waals surface area contributed by atoms with Gasteiger partial charge in [0.15, 0.2) is 0 Å². The Morgan fingerprint density at radius 2 is 1.35 bits per heavy atom. The summed E-state index contributed by atoms with van der Waals surface area (Å²) in [4.78, 5) is 0. The summed E-state index contributed by atoms with van der Waals surface area (Å²) in [7, 11) is 1.97. The fourth-order valence-electron chi connectivity index (χ4n) is 8.91. The molecule has 0 aromatic carbocycles. The third-order valence-corrected chi connectivity index (χ3v) is 8.97. The molecule has 0 heterocycles. The van der Waals surface area contributed by atoms with Crippen LogP contribution >= 0.6 is 0 Å². The molecule has 1 nitrogen and oxygen atoms in total. The van der Waals surface area contributed by atoms with Crippen molar-refractivity contribution in [2.24, 2.45) is 65.1 Å². The van der Waals surface area contributed by atoms with Gasteiger partial charge in [-0.15, -0.1) is 0 Å². The molecule has 0 saturated heterocycles.